The van der Waals surface area contributed by atoms with Crippen LogP contribution in [0.5, 0.6) is 11.5 Å². The van der Waals surface area contributed by atoms with Gasteiger partial charge in [-0.2, -0.15) is 11.8 Å². The number of carbonyl (C=O) groups excluding carboxylic acids is 1. The van der Waals surface area contributed by atoms with E-state index in [-0.39, 0.29) is 12.5 Å². The van der Waals surface area contributed by atoms with Crippen molar-refractivity contribution in [3.63, 3.8) is 0 Å². The second-order valence-electron chi connectivity index (χ2n) is 4.68. The molecule has 0 saturated heterocycles. The van der Waals surface area contributed by atoms with Crippen LogP contribution in [0.3, 0.4) is 0 Å². The Morgan fingerprint density at radius 2 is 2.00 bits per heavy atom. The minimum atomic E-state index is -0.925. The van der Waals surface area contributed by atoms with Gasteiger partial charge in [-0.05, 0) is 31.4 Å². The summed E-state index contributed by atoms with van der Waals surface area (Å²) in [7, 11) is 3.06. The lowest BCUT2D eigenvalue weighted by Crippen LogP contribution is -2.42. The first-order valence-corrected chi connectivity index (χ1v) is 7.54. The highest BCUT2D eigenvalue weighted by atomic mass is 32.2. The van der Waals surface area contributed by atoms with Gasteiger partial charge < -0.3 is 19.9 Å². The van der Waals surface area contributed by atoms with Crippen molar-refractivity contribution in [1.82, 2.24) is 5.32 Å². The van der Waals surface area contributed by atoms with Crippen LogP contribution >= 0.6 is 11.8 Å². The van der Waals surface area contributed by atoms with Gasteiger partial charge in [0.2, 0.25) is 0 Å². The Bertz CT molecular complexity index is 462. The van der Waals surface area contributed by atoms with E-state index in [4.69, 9.17) is 9.47 Å². The maximum absolute atomic E-state index is 12.0. The van der Waals surface area contributed by atoms with E-state index >= 15 is 0 Å². The fourth-order valence-electron chi connectivity index (χ4n) is 1.71. The third-order valence-electron chi connectivity index (χ3n) is 2.73. The topological polar surface area (TPSA) is 67.8 Å². The molecule has 0 fully saturated rings. The molecule has 20 heavy (non-hydrogen) atoms. The zero-order valence-corrected chi connectivity index (χ0v) is 13.0. The van der Waals surface area contributed by atoms with Crippen molar-refractivity contribution < 1.29 is 19.4 Å². The summed E-state index contributed by atoms with van der Waals surface area (Å²) in [5.41, 5.74) is -0.464. The zero-order valence-electron chi connectivity index (χ0n) is 12.2. The molecule has 0 spiro atoms. The third kappa shape index (κ3) is 4.61. The number of amides is 1. The minimum absolute atomic E-state index is 0.195. The van der Waals surface area contributed by atoms with E-state index < -0.39 is 5.60 Å². The average molecular weight is 299 g/mol. The van der Waals surface area contributed by atoms with E-state index in [0.717, 1.165) is 0 Å². The van der Waals surface area contributed by atoms with Crippen molar-refractivity contribution in [2.24, 2.45) is 0 Å². The van der Waals surface area contributed by atoms with Gasteiger partial charge in [0.25, 0.3) is 5.91 Å². The van der Waals surface area contributed by atoms with Crippen molar-refractivity contribution in [1.29, 1.82) is 0 Å². The van der Waals surface area contributed by atoms with E-state index in [2.05, 4.69) is 5.32 Å². The van der Waals surface area contributed by atoms with Crippen LogP contribution in [0.4, 0.5) is 0 Å². The number of thioether (sulfide) groups is 1. The van der Waals surface area contributed by atoms with Gasteiger partial charge in [0, 0.05) is 17.9 Å². The van der Waals surface area contributed by atoms with E-state index in [1.807, 2.05) is 6.26 Å². The van der Waals surface area contributed by atoms with Gasteiger partial charge in [0.05, 0.1) is 19.8 Å². The van der Waals surface area contributed by atoms with E-state index in [0.29, 0.717) is 22.8 Å². The molecule has 0 aromatic heterocycles. The van der Waals surface area contributed by atoms with Crippen molar-refractivity contribution in [3.05, 3.63) is 23.8 Å². The van der Waals surface area contributed by atoms with Gasteiger partial charge in [-0.15, -0.1) is 0 Å². The highest BCUT2D eigenvalue weighted by molar-refractivity contribution is 7.98. The summed E-state index contributed by atoms with van der Waals surface area (Å²) in [5.74, 6) is 1.36. The second kappa shape index (κ2) is 7.40. The van der Waals surface area contributed by atoms with Gasteiger partial charge in [-0.25, -0.2) is 0 Å². The molecule has 1 atom stereocenters. The van der Waals surface area contributed by atoms with Gasteiger partial charge in [-0.3, -0.25) is 4.79 Å². The van der Waals surface area contributed by atoms with Crippen molar-refractivity contribution >= 4 is 17.7 Å². The van der Waals surface area contributed by atoms with Gasteiger partial charge in [0.1, 0.15) is 0 Å². The molecule has 2 N–H and O–H groups in total. The first-order valence-electron chi connectivity index (χ1n) is 6.15. The molecule has 0 radical (unpaired) electrons. The molecular formula is C14H21NO4S. The molecule has 0 saturated carbocycles. The van der Waals surface area contributed by atoms with Crippen LogP contribution in [-0.4, -0.2) is 49.4 Å². The van der Waals surface area contributed by atoms with Crippen molar-refractivity contribution in [3.8, 4) is 11.5 Å². The number of methoxy groups -OCH3 is 2. The number of aliphatic hydroxyl groups is 1. The fourth-order valence-corrected chi connectivity index (χ4v) is 2.44. The highest BCUT2D eigenvalue weighted by Crippen LogP contribution is 2.27. The lowest BCUT2D eigenvalue weighted by molar-refractivity contribution is 0.0725. The summed E-state index contributed by atoms with van der Waals surface area (Å²) >= 11 is 1.53. The second-order valence-corrected chi connectivity index (χ2v) is 5.55. The molecule has 112 valence electrons. The number of hydrogen-bond acceptors (Lipinski definition) is 5. The Balaban J connectivity index is 2.73. The first-order chi connectivity index (χ1) is 9.43. The number of benzene rings is 1. The largest absolute Gasteiger partial charge is 0.493 e. The Kier molecular flexibility index (Phi) is 6.16. The molecule has 0 bridgehead atoms. The van der Waals surface area contributed by atoms with Gasteiger partial charge >= 0.3 is 0 Å². The van der Waals surface area contributed by atoms with E-state index in [1.165, 1.54) is 26.0 Å². The van der Waals surface area contributed by atoms with E-state index in [1.54, 1.807) is 25.1 Å². The molecule has 1 rings (SSSR count). The molecule has 1 aromatic carbocycles. The average Bonchev–Trinajstić information content (AvgIpc) is 2.44. The maximum atomic E-state index is 12.0. The monoisotopic (exact) mass is 299 g/mol. The van der Waals surface area contributed by atoms with Crippen LogP contribution in [0.15, 0.2) is 18.2 Å². The Morgan fingerprint density at radius 1 is 1.35 bits per heavy atom. The Labute approximate surface area is 123 Å². The highest BCUT2D eigenvalue weighted by Gasteiger charge is 2.21. The Morgan fingerprint density at radius 3 is 2.55 bits per heavy atom. The summed E-state index contributed by atoms with van der Waals surface area (Å²) in [6, 6.07) is 4.94. The predicted molar refractivity (Wildman–Crippen MR) is 80.9 cm³/mol. The fraction of sp³-hybridized carbons (Fsp3) is 0.500. The molecule has 0 aliphatic carbocycles. The molecule has 0 aliphatic heterocycles. The minimum Gasteiger partial charge on any atom is -0.493 e. The summed E-state index contributed by atoms with van der Waals surface area (Å²) in [4.78, 5) is 12.0. The molecule has 5 nitrogen and oxygen atoms in total. The van der Waals surface area contributed by atoms with Crippen LogP contribution in [0.25, 0.3) is 0 Å². The van der Waals surface area contributed by atoms with Crippen molar-refractivity contribution in [2.45, 2.75) is 12.5 Å². The molecule has 0 aliphatic rings. The first kappa shape index (κ1) is 16.7. The van der Waals surface area contributed by atoms with Crippen LogP contribution in [0, 0.1) is 0 Å². The van der Waals surface area contributed by atoms with Gasteiger partial charge in [-0.1, -0.05) is 0 Å². The SMILES string of the molecule is COc1ccc(C(=O)NC[C@](C)(O)CSC)cc1OC. The number of hydrogen-bond donors (Lipinski definition) is 2. The molecule has 1 amide bonds. The number of carbonyl (C=O) groups is 1. The molecular weight excluding hydrogens is 278 g/mol. The van der Waals surface area contributed by atoms with Crippen LogP contribution in [0.1, 0.15) is 17.3 Å². The lowest BCUT2D eigenvalue weighted by atomic mass is 10.1. The summed E-state index contributed by atoms with van der Waals surface area (Å²) < 4.78 is 10.3. The smallest absolute Gasteiger partial charge is 0.251 e. The number of nitrogens with one attached hydrogen (secondary N) is 1. The van der Waals surface area contributed by atoms with Crippen molar-refractivity contribution in [2.75, 3.05) is 32.8 Å². The van der Waals surface area contributed by atoms with Crippen LogP contribution in [-0.2, 0) is 0 Å². The summed E-state index contributed by atoms with van der Waals surface area (Å²) in [6.07, 6.45) is 1.91. The number of ether oxygens (including phenoxy) is 2. The number of rotatable bonds is 7. The standard InChI is InChI=1S/C14H21NO4S/c1-14(17,9-20-4)8-15-13(16)10-5-6-11(18-2)12(7-10)19-3/h5-7,17H,8-9H2,1-4H3,(H,15,16)/t14-/m0/s1. The van der Waals surface area contributed by atoms with Crippen LogP contribution in [0.2, 0.25) is 0 Å². The quantitative estimate of drug-likeness (QED) is 0.799. The molecule has 0 heterocycles. The zero-order chi connectivity index (χ0) is 15.2. The predicted octanol–water partition coefficient (Wildman–Crippen LogP) is 1.55. The maximum Gasteiger partial charge on any atom is 0.251 e. The Hall–Kier alpha value is -1.40. The molecule has 6 heteroatoms. The third-order valence-corrected chi connectivity index (χ3v) is 3.64. The van der Waals surface area contributed by atoms with Crippen LogP contribution < -0.4 is 14.8 Å². The van der Waals surface area contributed by atoms with E-state index in [9.17, 15) is 9.90 Å². The normalized spacial score (nSPS) is 13.4. The summed E-state index contributed by atoms with van der Waals surface area (Å²) in [6.45, 7) is 1.89. The summed E-state index contributed by atoms with van der Waals surface area (Å²) in [5, 5.41) is 12.7. The lowest BCUT2D eigenvalue weighted by Gasteiger charge is -2.22. The molecule has 0 unspecified atom stereocenters. The molecule has 1 aromatic rings. The van der Waals surface area contributed by atoms with Gasteiger partial charge in [0.15, 0.2) is 11.5 Å².